The van der Waals surface area contributed by atoms with Gasteiger partial charge in [-0.05, 0) is 87.3 Å². The van der Waals surface area contributed by atoms with Gasteiger partial charge >= 0.3 is 0 Å². The molecule has 1 aliphatic carbocycles. The molecule has 0 aromatic heterocycles. The number of hydrogen-bond donors (Lipinski definition) is 2. The number of phenolic OH excluding ortho intramolecular Hbond substituents is 1. The third-order valence-corrected chi connectivity index (χ3v) is 8.34. The van der Waals surface area contributed by atoms with Gasteiger partial charge < -0.3 is 14.9 Å². The topological polar surface area (TPSA) is 86.9 Å². The zero-order valence-electron chi connectivity index (χ0n) is 18.6. The Morgan fingerprint density at radius 2 is 1.94 bits per heavy atom. The van der Waals surface area contributed by atoms with Crippen molar-refractivity contribution in [2.45, 2.75) is 55.0 Å². The number of hydrogen-bond acceptors (Lipinski definition) is 5. The number of nitrogens with zero attached hydrogens (tertiary/aromatic N) is 2. The summed E-state index contributed by atoms with van der Waals surface area (Å²) < 4.78 is 23.0. The van der Waals surface area contributed by atoms with Gasteiger partial charge in [0.25, 0.3) is 0 Å². The van der Waals surface area contributed by atoms with Gasteiger partial charge in [0, 0.05) is 24.0 Å². The van der Waals surface area contributed by atoms with E-state index in [9.17, 15) is 13.5 Å². The maximum atomic E-state index is 11.5. The molecule has 0 radical (unpaired) electrons. The molecule has 1 aliphatic heterocycles. The van der Waals surface area contributed by atoms with Crippen molar-refractivity contribution in [2.24, 2.45) is 5.14 Å². The first kappa shape index (κ1) is 22.3. The monoisotopic (exact) mass is 443 g/mol. The molecule has 3 N–H and O–H groups in total. The number of rotatable bonds is 5. The van der Waals surface area contributed by atoms with Crippen LogP contribution in [0.15, 0.2) is 47.4 Å². The van der Waals surface area contributed by atoms with Crippen LogP contribution in [0, 0.1) is 0 Å². The van der Waals surface area contributed by atoms with Crippen molar-refractivity contribution >= 4 is 10.0 Å². The van der Waals surface area contributed by atoms with Crippen LogP contribution in [-0.4, -0.2) is 62.6 Å². The molecule has 1 heterocycles. The summed E-state index contributed by atoms with van der Waals surface area (Å²) in [5, 5.41) is 15.4. The van der Waals surface area contributed by atoms with Crippen LogP contribution in [-0.2, 0) is 28.3 Å². The molecule has 0 saturated carbocycles. The van der Waals surface area contributed by atoms with E-state index in [0.717, 1.165) is 44.3 Å². The summed E-state index contributed by atoms with van der Waals surface area (Å²) in [6, 6.07) is 13.5. The van der Waals surface area contributed by atoms with Crippen LogP contribution in [0.2, 0.25) is 0 Å². The Kier molecular flexibility index (Phi) is 5.89. The van der Waals surface area contributed by atoms with E-state index in [-0.39, 0.29) is 10.3 Å². The molecule has 0 amide bonds. The first-order valence-corrected chi connectivity index (χ1v) is 12.5. The Labute approximate surface area is 185 Å². The number of sulfonamides is 1. The Morgan fingerprint density at radius 3 is 2.61 bits per heavy atom. The maximum absolute atomic E-state index is 11.5. The minimum atomic E-state index is -3.66. The Hall–Kier alpha value is -1.93. The molecule has 2 aliphatic rings. The van der Waals surface area contributed by atoms with Crippen molar-refractivity contribution in [1.82, 2.24) is 9.80 Å². The molecule has 2 aromatic rings. The molecular formula is C24H33N3O3S. The lowest BCUT2D eigenvalue weighted by molar-refractivity contribution is 0.0668. The number of primary sulfonamides is 1. The molecule has 0 spiro atoms. The summed E-state index contributed by atoms with van der Waals surface area (Å²) in [4.78, 5) is 5.12. The summed E-state index contributed by atoms with van der Waals surface area (Å²) in [7, 11) is 0.762. The maximum Gasteiger partial charge on any atom is 0.238 e. The molecule has 6 nitrogen and oxygen atoms in total. The van der Waals surface area contributed by atoms with E-state index in [1.54, 1.807) is 12.1 Å². The van der Waals surface area contributed by atoms with Crippen LogP contribution in [0.25, 0.3) is 0 Å². The first-order chi connectivity index (χ1) is 14.6. The SMILES string of the molecule is CN1CCC[C@@]2(C)c3cc(O)ccc3C[C@@H]1[C@H]2N(C)CCc1ccc(S(N)(=O)=O)cc1. The van der Waals surface area contributed by atoms with Gasteiger partial charge in [0.05, 0.1) is 4.90 Å². The van der Waals surface area contributed by atoms with Crippen molar-refractivity contribution in [1.29, 1.82) is 0 Å². The second kappa shape index (κ2) is 8.20. The molecule has 3 atom stereocenters. The second-order valence-electron chi connectivity index (χ2n) is 9.48. The third kappa shape index (κ3) is 4.24. The standard InChI is InChI=1S/C24H33N3O3S/c1-24-12-4-13-26(2)22(15-18-7-8-19(28)16-21(18)24)23(24)27(3)14-11-17-5-9-20(10-6-17)31(25,29)30/h5-10,16,22-23,28H,4,11-15H2,1-3H3,(H2,25,29,30)/t22-,23-,24+/m1/s1. The molecule has 7 heteroatoms. The lowest BCUT2D eigenvalue weighted by atomic mass is 9.64. The Morgan fingerprint density at radius 1 is 1.23 bits per heavy atom. The van der Waals surface area contributed by atoms with Crippen LogP contribution >= 0.6 is 0 Å². The molecule has 168 valence electrons. The van der Waals surface area contributed by atoms with Crippen molar-refractivity contribution in [3.63, 3.8) is 0 Å². The molecule has 1 saturated heterocycles. The second-order valence-corrected chi connectivity index (χ2v) is 11.0. The van der Waals surface area contributed by atoms with Gasteiger partial charge in [-0.2, -0.15) is 0 Å². The van der Waals surface area contributed by atoms with Crippen LogP contribution in [0.4, 0.5) is 0 Å². The minimum Gasteiger partial charge on any atom is -0.508 e. The van der Waals surface area contributed by atoms with Crippen molar-refractivity contribution in [2.75, 3.05) is 27.2 Å². The van der Waals surface area contributed by atoms with E-state index >= 15 is 0 Å². The van der Waals surface area contributed by atoms with Gasteiger partial charge in [-0.1, -0.05) is 25.1 Å². The average molecular weight is 444 g/mol. The summed E-state index contributed by atoms with van der Waals surface area (Å²) >= 11 is 0. The Balaban J connectivity index is 1.59. The molecule has 1 fully saturated rings. The third-order valence-electron chi connectivity index (χ3n) is 7.41. The fourth-order valence-corrected chi connectivity index (χ4v) is 6.32. The van der Waals surface area contributed by atoms with E-state index < -0.39 is 10.0 Å². The van der Waals surface area contributed by atoms with Crippen molar-refractivity contribution < 1.29 is 13.5 Å². The minimum absolute atomic E-state index is 0.0337. The highest BCUT2D eigenvalue weighted by molar-refractivity contribution is 7.89. The zero-order valence-corrected chi connectivity index (χ0v) is 19.4. The molecule has 31 heavy (non-hydrogen) atoms. The van der Waals surface area contributed by atoms with Gasteiger partial charge in [0.15, 0.2) is 0 Å². The highest BCUT2D eigenvalue weighted by atomic mass is 32.2. The van der Waals surface area contributed by atoms with E-state index in [1.807, 2.05) is 24.3 Å². The number of phenols is 1. The van der Waals surface area contributed by atoms with E-state index in [1.165, 1.54) is 11.1 Å². The molecule has 2 bridgehead atoms. The predicted molar refractivity (Wildman–Crippen MR) is 123 cm³/mol. The predicted octanol–water partition coefficient (Wildman–Crippen LogP) is 2.49. The summed E-state index contributed by atoms with van der Waals surface area (Å²) in [6.07, 6.45) is 4.04. The largest absolute Gasteiger partial charge is 0.508 e. The number of nitrogens with two attached hydrogens (primary N) is 1. The number of fused-ring (bicyclic) bond motifs is 4. The smallest absolute Gasteiger partial charge is 0.238 e. The van der Waals surface area contributed by atoms with E-state index in [2.05, 4.69) is 36.9 Å². The van der Waals surface area contributed by atoms with Gasteiger partial charge in [-0.25, -0.2) is 13.6 Å². The lowest BCUT2D eigenvalue weighted by Gasteiger charge is -2.51. The van der Waals surface area contributed by atoms with Crippen molar-refractivity contribution in [3.05, 3.63) is 59.2 Å². The highest BCUT2D eigenvalue weighted by Crippen LogP contribution is 2.46. The average Bonchev–Trinajstić information content (AvgIpc) is 2.80. The van der Waals surface area contributed by atoms with E-state index in [4.69, 9.17) is 5.14 Å². The lowest BCUT2D eigenvalue weighted by Crippen LogP contribution is -2.60. The van der Waals surface area contributed by atoms with Crippen LogP contribution < -0.4 is 5.14 Å². The van der Waals surface area contributed by atoms with Crippen LogP contribution in [0.1, 0.15) is 36.5 Å². The fourth-order valence-electron chi connectivity index (χ4n) is 5.81. The number of likely N-dealkylation sites (tertiary alicyclic amines) is 1. The van der Waals surface area contributed by atoms with Crippen LogP contribution in [0.3, 0.4) is 0 Å². The number of aromatic hydroxyl groups is 1. The quantitative estimate of drug-likeness (QED) is 0.741. The summed E-state index contributed by atoms with van der Waals surface area (Å²) in [5.41, 5.74) is 3.69. The zero-order chi connectivity index (χ0) is 22.4. The molecule has 0 unspecified atom stereocenters. The number of benzene rings is 2. The Bertz CT molecular complexity index is 1050. The molecular weight excluding hydrogens is 410 g/mol. The van der Waals surface area contributed by atoms with Gasteiger partial charge in [-0.15, -0.1) is 0 Å². The van der Waals surface area contributed by atoms with E-state index in [0.29, 0.717) is 17.8 Å². The summed E-state index contributed by atoms with van der Waals surface area (Å²) in [6.45, 7) is 4.31. The molecule has 2 aromatic carbocycles. The number of likely N-dealkylation sites (N-methyl/N-ethyl adjacent to an activating group) is 2. The first-order valence-electron chi connectivity index (χ1n) is 10.9. The van der Waals surface area contributed by atoms with Gasteiger partial charge in [0.1, 0.15) is 5.75 Å². The van der Waals surface area contributed by atoms with Crippen molar-refractivity contribution in [3.8, 4) is 5.75 Å². The fraction of sp³-hybridized carbons (Fsp3) is 0.500. The van der Waals surface area contributed by atoms with Gasteiger partial charge in [-0.3, -0.25) is 0 Å². The molecule has 4 rings (SSSR count). The highest BCUT2D eigenvalue weighted by Gasteiger charge is 2.49. The van der Waals surface area contributed by atoms with Crippen LogP contribution in [0.5, 0.6) is 5.75 Å². The van der Waals surface area contributed by atoms with Gasteiger partial charge in [0.2, 0.25) is 10.0 Å². The normalized spacial score (nSPS) is 26.5. The summed E-state index contributed by atoms with van der Waals surface area (Å²) in [5.74, 6) is 0.340.